The molecule has 0 aliphatic carbocycles. The second-order valence-electron chi connectivity index (χ2n) is 6.71. The molecule has 1 aliphatic heterocycles. The Morgan fingerprint density at radius 3 is 2.42 bits per heavy atom. The van der Waals surface area contributed by atoms with Crippen LogP contribution in [-0.4, -0.2) is 50.1 Å². The maximum atomic E-state index is 6.49. The van der Waals surface area contributed by atoms with Gasteiger partial charge in [-0.1, -0.05) is 17.7 Å². The van der Waals surface area contributed by atoms with Crippen LogP contribution in [0, 0.1) is 0 Å². The summed E-state index contributed by atoms with van der Waals surface area (Å²) in [6.45, 7) is 6.58. The molecule has 0 atom stereocenters. The fourth-order valence-corrected chi connectivity index (χ4v) is 4.06. The zero-order valence-electron chi connectivity index (χ0n) is 14.5. The number of anilines is 1. The molecular formula is C19H26ClN3S. The lowest BCUT2D eigenvalue weighted by Crippen LogP contribution is -2.30. The van der Waals surface area contributed by atoms with Crippen molar-refractivity contribution in [1.82, 2.24) is 9.80 Å². The molecule has 3 rings (SSSR count). The monoisotopic (exact) mass is 363 g/mol. The van der Waals surface area contributed by atoms with Crippen molar-refractivity contribution in [1.29, 1.82) is 0 Å². The van der Waals surface area contributed by atoms with E-state index in [1.807, 2.05) is 14.1 Å². The van der Waals surface area contributed by atoms with E-state index in [0.29, 0.717) is 0 Å². The van der Waals surface area contributed by atoms with E-state index in [4.69, 9.17) is 11.6 Å². The van der Waals surface area contributed by atoms with Gasteiger partial charge in [0.25, 0.3) is 0 Å². The van der Waals surface area contributed by atoms with Crippen LogP contribution in [0.1, 0.15) is 17.5 Å². The first-order valence-electron chi connectivity index (χ1n) is 8.53. The molecule has 1 aromatic carbocycles. The Morgan fingerprint density at radius 2 is 1.79 bits per heavy atom. The van der Waals surface area contributed by atoms with Gasteiger partial charge in [-0.2, -0.15) is 11.3 Å². The fourth-order valence-electron chi connectivity index (χ4n) is 3.16. The Hall–Kier alpha value is -1.07. The second kappa shape index (κ2) is 8.34. The summed E-state index contributed by atoms with van der Waals surface area (Å²) in [5.41, 5.74) is 3.82. The minimum atomic E-state index is 0.876. The van der Waals surface area contributed by atoms with Crippen molar-refractivity contribution in [2.45, 2.75) is 19.5 Å². The number of rotatable bonds is 5. The molecular weight excluding hydrogens is 338 g/mol. The lowest BCUT2D eigenvalue weighted by atomic mass is 10.2. The predicted molar refractivity (Wildman–Crippen MR) is 105 cm³/mol. The molecule has 3 nitrogen and oxygen atoms in total. The summed E-state index contributed by atoms with van der Waals surface area (Å²) < 4.78 is 0. The van der Waals surface area contributed by atoms with Crippen LogP contribution in [0.15, 0.2) is 35.0 Å². The number of thiophene rings is 1. The number of benzene rings is 1. The van der Waals surface area contributed by atoms with E-state index in [0.717, 1.165) is 43.4 Å². The standard InChI is InChI=1S/C19H26ClN3S/c1-21(2)18-5-4-17(19(20)12-18)14-23-8-3-7-22(9-10-23)13-16-6-11-24-15-16/h4-6,11-12,15H,3,7-10,13-14H2,1-2H3. The van der Waals surface area contributed by atoms with Gasteiger partial charge in [0.05, 0.1) is 0 Å². The average Bonchev–Trinajstić information content (AvgIpc) is 2.96. The fraction of sp³-hybridized carbons (Fsp3) is 0.474. The highest BCUT2D eigenvalue weighted by molar-refractivity contribution is 7.07. The van der Waals surface area contributed by atoms with Crippen molar-refractivity contribution >= 4 is 28.6 Å². The van der Waals surface area contributed by atoms with Gasteiger partial charge in [0.2, 0.25) is 0 Å². The van der Waals surface area contributed by atoms with Crippen molar-refractivity contribution in [3.63, 3.8) is 0 Å². The molecule has 0 spiro atoms. The summed E-state index contributed by atoms with van der Waals surface area (Å²) >= 11 is 8.28. The lowest BCUT2D eigenvalue weighted by molar-refractivity contribution is 0.247. The van der Waals surface area contributed by atoms with Crippen LogP contribution in [0.2, 0.25) is 5.02 Å². The highest BCUT2D eigenvalue weighted by Gasteiger charge is 2.16. The van der Waals surface area contributed by atoms with Crippen molar-refractivity contribution in [2.24, 2.45) is 0 Å². The molecule has 5 heteroatoms. The number of hydrogen-bond donors (Lipinski definition) is 0. The molecule has 2 heterocycles. The molecule has 130 valence electrons. The molecule has 0 bridgehead atoms. The van der Waals surface area contributed by atoms with Gasteiger partial charge in [-0.25, -0.2) is 0 Å². The third-order valence-electron chi connectivity index (χ3n) is 4.61. The minimum Gasteiger partial charge on any atom is -0.378 e. The van der Waals surface area contributed by atoms with Gasteiger partial charge in [0, 0.05) is 51.0 Å². The van der Waals surface area contributed by atoms with Crippen LogP contribution in [0.3, 0.4) is 0 Å². The quantitative estimate of drug-likeness (QED) is 0.789. The Morgan fingerprint density at radius 1 is 1.04 bits per heavy atom. The molecule has 2 aromatic rings. The Kier molecular flexibility index (Phi) is 6.17. The van der Waals surface area contributed by atoms with Crippen LogP contribution in [0.5, 0.6) is 0 Å². The van der Waals surface area contributed by atoms with Crippen molar-refractivity contribution in [3.05, 3.63) is 51.2 Å². The van der Waals surface area contributed by atoms with Crippen LogP contribution < -0.4 is 4.90 Å². The zero-order valence-corrected chi connectivity index (χ0v) is 16.1. The van der Waals surface area contributed by atoms with E-state index in [9.17, 15) is 0 Å². The topological polar surface area (TPSA) is 9.72 Å². The number of halogens is 1. The van der Waals surface area contributed by atoms with E-state index in [1.54, 1.807) is 11.3 Å². The SMILES string of the molecule is CN(C)c1ccc(CN2CCCN(Cc3ccsc3)CC2)c(Cl)c1. The highest BCUT2D eigenvalue weighted by Crippen LogP contribution is 2.24. The molecule has 0 radical (unpaired) electrons. The van der Waals surface area contributed by atoms with E-state index in [2.05, 4.69) is 49.7 Å². The summed E-state index contributed by atoms with van der Waals surface area (Å²) in [6, 6.07) is 8.63. The van der Waals surface area contributed by atoms with Crippen molar-refractivity contribution in [2.75, 3.05) is 45.2 Å². The third kappa shape index (κ3) is 4.73. The van der Waals surface area contributed by atoms with Gasteiger partial charge in [-0.05, 0) is 59.6 Å². The Bertz CT molecular complexity index is 642. The van der Waals surface area contributed by atoms with Crippen LogP contribution >= 0.6 is 22.9 Å². The van der Waals surface area contributed by atoms with Gasteiger partial charge in [-0.15, -0.1) is 0 Å². The van der Waals surface area contributed by atoms with E-state index in [-0.39, 0.29) is 0 Å². The maximum Gasteiger partial charge on any atom is 0.0471 e. The molecule has 1 fully saturated rings. The van der Waals surface area contributed by atoms with Gasteiger partial charge < -0.3 is 4.90 Å². The minimum absolute atomic E-state index is 0.876. The second-order valence-corrected chi connectivity index (χ2v) is 7.89. The Labute approximate surface area is 154 Å². The summed E-state index contributed by atoms with van der Waals surface area (Å²) in [7, 11) is 4.09. The average molecular weight is 364 g/mol. The molecule has 1 aliphatic rings. The molecule has 0 saturated carbocycles. The first-order valence-corrected chi connectivity index (χ1v) is 9.85. The highest BCUT2D eigenvalue weighted by atomic mass is 35.5. The largest absolute Gasteiger partial charge is 0.378 e. The molecule has 0 unspecified atom stereocenters. The summed E-state index contributed by atoms with van der Waals surface area (Å²) in [5, 5.41) is 5.30. The van der Waals surface area contributed by atoms with Crippen LogP contribution in [-0.2, 0) is 13.1 Å². The van der Waals surface area contributed by atoms with Crippen molar-refractivity contribution < 1.29 is 0 Å². The van der Waals surface area contributed by atoms with Gasteiger partial charge in [0.1, 0.15) is 0 Å². The predicted octanol–water partition coefficient (Wildman–Crippen LogP) is 4.18. The summed E-state index contributed by atoms with van der Waals surface area (Å²) in [4.78, 5) is 7.19. The van der Waals surface area contributed by atoms with E-state index < -0.39 is 0 Å². The first kappa shape index (κ1) is 17.7. The Balaban J connectivity index is 1.56. The van der Waals surface area contributed by atoms with Crippen molar-refractivity contribution in [3.8, 4) is 0 Å². The normalized spacial score (nSPS) is 17.0. The van der Waals surface area contributed by atoms with Crippen LogP contribution in [0.4, 0.5) is 5.69 Å². The maximum absolute atomic E-state index is 6.49. The molecule has 0 amide bonds. The van der Waals surface area contributed by atoms with Gasteiger partial charge >= 0.3 is 0 Å². The third-order valence-corrected chi connectivity index (χ3v) is 5.70. The summed E-state index contributed by atoms with van der Waals surface area (Å²) in [6.07, 6.45) is 1.22. The van der Waals surface area contributed by atoms with Crippen LogP contribution in [0.25, 0.3) is 0 Å². The lowest BCUT2D eigenvalue weighted by Gasteiger charge is -2.22. The number of hydrogen-bond acceptors (Lipinski definition) is 4. The smallest absolute Gasteiger partial charge is 0.0471 e. The van der Waals surface area contributed by atoms with E-state index in [1.165, 1.54) is 24.1 Å². The van der Waals surface area contributed by atoms with Gasteiger partial charge in [0.15, 0.2) is 0 Å². The molecule has 0 N–H and O–H groups in total. The van der Waals surface area contributed by atoms with E-state index >= 15 is 0 Å². The molecule has 1 saturated heterocycles. The molecule has 1 aromatic heterocycles. The zero-order chi connectivity index (χ0) is 16.9. The number of nitrogens with zero attached hydrogens (tertiary/aromatic N) is 3. The summed E-state index contributed by atoms with van der Waals surface area (Å²) in [5.74, 6) is 0. The molecule has 24 heavy (non-hydrogen) atoms. The first-order chi connectivity index (χ1) is 11.6. The van der Waals surface area contributed by atoms with Gasteiger partial charge in [-0.3, -0.25) is 9.80 Å².